The summed E-state index contributed by atoms with van der Waals surface area (Å²) in [5, 5.41) is 0. The molecule has 2 aromatic rings. The van der Waals surface area contributed by atoms with Crippen LogP contribution in [0.25, 0.3) is 0 Å². The first-order valence-corrected chi connectivity index (χ1v) is 8.43. The molecule has 3 rings (SSSR count). The molecular weight excluding hydrogens is 274 g/mol. The van der Waals surface area contributed by atoms with Crippen molar-refractivity contribution in [3.8, 4) is 0 Å². The SMILES string of the molecule is CC1CCc2ccccc2N1CC(CS)c1ccccc1. The van der Waals surface area contributed by atoms with Crippen molar-refractivity contribution in [2.24, 2.45) is 0 Å². The van der Waals surface area contributed by atoms with Crippen LogP contribution in [0, 0.1) is 0 Å². The molecule has 2 atom stereocenters. The third-order valence-corrected chi connectivity index (χ3v) is 5.01. The van der Waals surface area contributed by atoms with Gasteiger partial charge in [-0.1, -0.05) is 48.5 Å². The van der Waals surface area contributed by atoms with Crippen LogP contribution in [0.2, 0.25) is 0 Å². The van der Waals surface area contributed by atoms with Crippen molar-refractivity contribution >= 4 is 18.3 Å². The summed E-state index contributed by atoms with van der Waals surface area (Å²) >= 11 is 4.60. The van der Waals surface area contributed by atoms with Crippen LogP contribution in [-0.2, 0) is 6.42 Å². The van der Waals surface area contributed by atoms with Gasteiger partial charge in [0.05, 0.1) is 0 Å². The second-order valence-corrected chi connectivity index (χ2v) is 6.32. The van der Waals surface area contributed by atoms with E-state index in [0.717, 1.165) is 12.3 Å². The van der Waals surface area contributed by atoms with Gasteiger partial charge in [0.15, 0.2) is 0 Å². The van der Waals surface area contributed by atoms with Crippen molar-refractivity contribution in [3.63, 3.8) is 0 Å². The average Bonchev–Trinajstić information content (AvgIpc) is 2.55. The number of rotatable bonds is 4. The standard InChI is InChI=1S/C19H23NS/c1-15-11-12-17-9-5-6-10-19(17)20(15)13-18(14-21)16-7-3-2-4-8-16/h2-10,15,18,21H,11-14H2,1H3. The fraction of sp³-hybridized carbons (Fsp3) is 0.368. The average molecular weight is 297 g/mol. The van der Waals surface area contributed by atoms with E-state index in [1.54, 1.807) is 0 Å². The molecule has 0 amide bonds. The first-order chi connectivity index (χ1) is 10.3. The van der Waals surface area contributed by atoms with E-state index in [9.17, 15) is 0 Å². The zero-order valence-corrected chi connectivity index (χ0v) is 13.5. The zero-order valence-electron chi connectivity index (χ0n) is 12.6. The normalized spacial score (nSPS) is 19.1. The van der Waals surface area contributed by atoms with Crippen LogP contribution >= 0.6 is 12.6 Å². The van der Waals surface area contributed by atoms with Crippen LogP contribution in [0.5, 0.6) is 0 Å². The number of para-hydroxylation sites is 1. The minimum absolute atomic E-state index is 0.475. The maximum Gasteiger partial charge on any atom is 0.0401 e. The van der Waals surface area contributed by atoms with E-state index in [2.05, 4.69) is 79.0 Å². The molecule has 0 spiro atoms. The Hall–Kier alpha value is -1.41. The molecular formula is C19H23NS. The van der Waals surface area contributed by atoms with Gasteiger partial charge in [-0.3, -0.25) is 0 Å². The van der Waals surface area contributed by atoms with Gasteiger partial charge >= 0.3 is 0 Å². The Balaban J connectivity index is 1.86. The molecule has 2 heteroatoms. The van der Waals surface area contributed by atoms with Crippen molar-refractivity contribution in [1.82, 2.24) is 0 Å². The molecule has 110 valence electrons. The number of thiol groups is 1. The molecule has 0 radical (unpaired) electrons. The molecule has 0 N–H and O–H groups in total. The van der Waals surface area contributed by atoms with Gasteiger partial charge < -0.3 is 4.90 Å². The maximum absolute atomic E-state index is 4.60. The number of hydrogen-bond acceptors (Lipinski definition) is 2. The lowest BCUT2D eigenvalue weighted by molar-refractivity contribution is 0.541. The van der Waals surface area contributed by atoms with Crippen LogP contribution in [0.3, 0.4) is 0 Å². The highest BCUT2D eigenvalue weighted by Gasteiger charge is 2.25. The molecule has 0 bridgehead atoms. The Morgan fingerprint density at radius 1 is 1.10 bits per heavy atom. The molecule has 1 heterocycles. The third-order valence-electron chi connectivity index (χ3n) is 4.57. The monoisotopic (exact) mass is 297 g/mol. The fourth-order valence-corrected chi connectivity index (χ4v) is 3.60. The summed E-state index contributed by atoms with van der Waals surface area (Å²) in [5.41, 5.74) is 4.29. The predicted octanol–water partition coefficient (Wildman–Crippen LogP) is 4.54. The molecule has 0 fully saturated rings. The van der Waals surface area contributed by atoms with E-state index in [1.165, 1.54) is 29.7 Å². The molecule has 1 aliphatic heterocycles. The molecule has 0 saturated carbocycles. The highest BCUT2D eigenvalue weighted by Crippen LogP contribution is 2.32. The summed E-state index contributed by atoms with van der Waals surface area (Å²) in [4.78, 5) is 2.58. The van der Waals surface area contributed by atoms with Crippen LogP contribution in [-0.4, -0.2) is 18.3 Å². The molecule has 0 saturated heterocycles. The Bertz CT molecular complexity index is 581. The lowest BCUT2D eigenvalue weighted by Gasteiger charge is -2.39. The van der Waals surface area contributed by atoms with Gasteiger partial charge in [0.2, 0.25) is 0 Å². The lowest BCUT2D eigenvalue weighted by atomic mass is 9.93. The van der Waals surface area contributed by atoms with Crippen molar-refractivity contribution in [2.45, 2.75) is 31.7 Å². The molecule has 2 aromatic carbocycles. The minimum atomic E-state index is 0.475. The van der Waals surface area contributed by atoms with Gasteiger partial charge in [-0.25, -0.2) is 0 Å². The highest BCUT2D eigenvalue weighted by atomic mass is 32.1. The van der Waals surface area contributed by atoms with Gasteiger partial charge in [0, 0.05) is 24.2 Å². The number of aryl methyl sites for hydroxylation is 1. The van der Waals surface area contributed by atoms with Gasteiger partial charge in [-0.15, -0.1) is 0 Å². The Morgan fingerprint density at radius 3 is 2.57 bits per heavy atom. The lowest BCUT2D eigenvalue weighted by Crippen LogP contribution is -2.40. The van der Waals surface area contributed by atoms with Gasteiger partial charge in [-0.2, -0.15) is 12.6 Å². The van der Waals surface area contributed by atoms with E-state index in [0.29, 0.717) is 12.0 Å². The molecule has 0 aromatic heterocycles. The largest absolute Gasteiger partial charge is 0.368 e. The first kappa shape index (κ1) is 14.5. The van der Waals surface area contributed by atoms with E-state index < -0.39 is 0 Å². The summed E-state index contributed by atoms with van der Waals surface area (Å²) in [5.74, 6) is 1.36. The molecule has 2 unspecified atom stereocenters. The Labute approximate surface area is 133 Å². The van der Waals surface area contributed by atoms with Crippen molar-refractivity contribution < 1.29 is 0 Å². The van der Waals surface area contributed by atoms with E-state index in [1.807, 2.05) is 0 Å². The second-order valence-electron chi connectivity index (χ2n) is 5.96. The summed E-state index contributed by atoms with van der Waals surface area (Å²) in [6.45, 7) is 3.39. The number of nitrogens with zero attached hydrogens (tertiary/aromatic N) is 1. The quantitative estimate of drug-likeness (QED) is 0.811. The molecule has 21 heavy (non-hydrogen) atoms. The van der Waals surface area contributed by atoms with Crippen molar-refractivity contribution in [1.29, 1.82) is 0 Å². The Morgan fingerprint density at radius 2 is 1.81 bits per heavy atom. The maximum atomic E-state index is 4.60. The summed E-state index contributed by atoms with van der Waals surface area (Å²) < 4.78 is 0. The summed E-state index contributed by atoms with van der Waals surface area (Å²) in [6, 6.07) is 20.2. The predicted molar refractivity (Wildman–Crippen MR) is 94.6 cm³/mol. The smallest absolute Gasteiger partial charge is 0.0401 e. The Kier molecular flexibility index (Phi) is 4.54. The number of fused-ring (bicyclic) bond motifs is 1. The van der Waals surface area contributed by atoms with Crippen LogP contribution < -0.4 is 4.90 Å². The van der Waals surface area contributed by atoms with Crippen LogP contribution in [0.4, 0.5) is 5.69 Å². The van der Waals surface area contributed by atoms with E-state index >= 15 is 0 Å². The highest BCUT2D eigenvalue weighted by molar-refractivity contribution is 7.80. The van der Waals surface area contributed by atoms with Crippen molar-refractivity contribution in [2.75, 3.05) is 17.2 Å². The van der Waals surface area contributed by atoms with Gasteiger partial charge in [-0.05, 0) is 42.7 Å². The summed E-state index contributed by atoms with van der Waals surface area (Å²) in [7, 11) is 0. The topological polar surface area (TPSA) is 3.24 Å². The van der Waals surface area contributed by atoms with E-state index in [-0.39, 0.29) is 0 Å². The molecule has 1 aliphatic rings. The van der Waals surface area contributed by atoms with Crippen LogP contribution in [0.1, 0.15) is 30.4 Å². The first-order valence-electron chi connectivity index (χ1n) is 7.80. The molecule has 1 nitrogen and oxygen atoms in total. The minimum Gasteiger partial charge on any atom is -0.368 e. The number of benzene rings is 2. The fourth-order valence-electron chi connectivity index (χ4n) is 3.27. The van der Waals surface area contributed by atoms with Gasteiger partial charge in [0.25, 0.3) is 0 Å². The second kappa shape index (κ2) is 6.57. The van der Waals surface area contributed by atoms with Gasteiger partial charge in [0.1, 0.15) is 0 Å². The van der Waals surface area contributed by atoms with Crippen molar-refractivity contribution in [3.05, 3.63) is 65.7 Å². The zero-order chi connectivity index (χ0) is 14.7. The van der Waals surface area contributed by atoms with E-state index in [4.69, 9.17) is 0 Å². The number of anilines is 1. The van der Waals surface area contributed by atoms with Crippen LogP contribution in [0.15, 0.2) is 54.6 Å². The third kappa shape index (κ3) is 3.11. The number of hydrogen-bond donors (Lipinski definition) is 1. The summed E-state index contributed by atoms with van der Waals surface area (Å²) in [6.07, 6.45) is 2.44. The molecule has 0 aliphatic carbocycles.